The maximum Gasteiger partial charge on any atom is 0.416 e. The number of hydrogen-bond acceptors (Lipinski definition) is 5. The van der Waals surface area contributed by atoms with Crippen LogP contribution < -0.4 is 15.6 Å². The van der Waals surface area contributed by atoms with E-state index in [9.17, 15) is 37.1 Å². The van der Waals surface area contributed by atoms with E-state index in [1.807, 2.05) is 13.8 Å². The molecule has 2 aliphatic rings. The van der Waals surface area contributed by atoms with Crippen LogP contribution in [0.5, 0.6) is 11.5 Å². The number of aryl methyl sites for hydroxylation is 2. The van der Waals surface area contributed by atoms with Crippen molar-refractivity contribution >= 4 is 11.9 Å². The summed E-state index contributed by atoms with van der Waals surface area (Å²) in [6, 6.07) is 6.44. The molecule has 1 saturated heterocycles. The Hall–Kier alpha value is -5.11. The van der Waals surface area contributed by atoms with E-state index < -0.39 is 76.6 Å². The van der Waals surface area contributed by atoms with Crippen LogP contribution >= 0.6 is 0 Å². The predicted octanol–water partition coefficient (Wildman–Crippen LogP) is 6.96. The molecule has 268 valence electrons. The van der Waals surface area contributed by atoms with Crippen LogP contribution in [0.25, 0.3) is 11.1 Å². The van der Waals surface area contributed by atoms with Crippen molar-refractivity contribution in [3.05, 3.63) is 116 Å². The molecule has 2 N–H and O–H groups in total. The Kier molecular flexibility index (Phi) is 9.49. The standard InChI is InChI=1S/C37H33F6N3O5/c1-18-4-7-30-33(20(18)3)22-10-19(2)34(40)26(11-22)29(14-32(48)49)44-36(50)35(25-12-24(51-30)5-6-28(25)39)46-15-21(8-9-45-16-23(38)17-45)27(13-31(46)47)37(41,42)43/h4-7,10-13,15,23,29,35H,8-9,14,16-17H2,1-3H3,(H,44,50)(H,48,49)/t29-,35-/m1/s1. The summed E-state index contributed by atoms with van der Waals surface area (Å²) in [7, 11) is 0. The molecule has 2 atom stereocenters. The number of ether oxygens (including phenoxy) is 1. The van der Waals surface area contributed by atoms with E-state index in [2.05, 4.69) is 5.32 Å². The average Bonchev–Trinajstić information content (AvgIpc) is 3.03. The Labute approximate surface area is 288 Å². The molecule has 1 aromatic heterocycles. The maximum absolute atomic E-state index is 15.9. The molecule has 51 heavy (non-hydrogen) atoms. The summed E-state index contributed by atoms with van der Waals surface area (Å²) in [6.07, 6.45) is -6.41. The lowest BCUT2D eigenvalue weighted by atomic mass is 9.90. The normalized spacial score (nSPS) is 18.0. The van der Waals surface area contributed by atoms with Gasteiger partial charge in [-0.15, -0.1) is 0 Å². The number of likely N-dealkylation sites (tertiary alicyclic amines) is 1. The number of hydrogen-bond donors (Lipinski definition) is 2. The number of amides is 1. The van der Waals surface area contributed by atoms with Gasteiger partial charge >= 0.3 is 12.1 Å². The maximum atomic E-state index is 15.9. The number of benzene rings is 3. The monoisotopic (exact) mass is 713 g/mol. The fourth-order valence-corrected chi connectivity index (χ4v) is 6.66. The molecule has 1 fully saturated rings. The summed E-state index contributed by atoms with van der Waals surface area (Å²) in [5.74, 6) is -4.21. The third-order valence-electron chi connectivity index (χ3n) is 9.43. The first-order valence-electron chi connectivity index (χ1n) is 16.1. The second-order valence-electron chi connectivity index (χ2n) is 13.0. The van der Waals surface area contributed by atoms with Gasteiger partial charge in [-0.2, -0.15) is 13.2 Å². The Bertz CT molecular complexity index is 2110. The summed E-state index contributed by atoms with van der Waals surface area (Å²) >= 11 is 0. The quantitative estimate of drug-likeness (QED) is 0.210. The van der Waals surface area contributed by atoms with Gasteiger partial charge in [0.25, 0.3) is 5.56 Å². The largest absolute Gasteiger partial charge is 0.481 e. The molecule has 1 amide bonds. The van der Waals surface area contributed by atoms with Gasteiger partial charge in [0.15, 0.2) is 0 Å². The van der Waals surface area contributed by atoms with Crippen LogP contribution in [0.15, 0.2) is 59.5 Å². The summed E-state index contributed by atoms with van der Waals surface area (Å²) in [5.41, 5.74) is -1.06. The highest BCUT2D eigenvalue weighted by molar-refractivity contribution is 5.85. The zero-order valence-electron chi connectivity index (χ0n) is 27.7. The van der Waals surface area contributed by atoms with Gasteiger partial charge in [0.05, 0.1) is 18.0 Å². The predicted molar refractivity (Wildman–Crippen MR) is 175 cm³/mol. The van der Waals surface area contributed by atoms with Crippen LogP contribution in [0.2, 0.25) is 0 Å². The molecule has 4 aromatic rings. The number of pyridine rings is 1. The number of carboxylic acid groups (broad SMARTS) is 1. The van der Waals surface area contributed by atoms with Crippen LogP contribution in [0.3, 0.4) is 0 Å². The molecular weight excluding hydrogens is 680 g/mol. The molecule has 0 unspecified atom stereocenters. The van der Waals surface area contributed by atoms with Crippen molar-refractivity contribution < 1.29 is 45.8 Å². The Morgan fingerprint density at radius 1 is 0.980 bits per heavy atom. The van der Waals surface area contributed by atoms with Crippen molar-refractivity contribution in [3.8, 4) is 22.6 Å². The number of halogens is 6. The van der Waals surface area contributed by atoms with Gasteiger partial charge < -0.3 is 15.2 Å². The topological polar surface area (TPSA) is 101 Å². The SMILES string of the molecule is Cc1ccc2c(c1C)-c1cc(C)c(F)c(c1)[C@@H](CC(=O)O)NC(=O)[C@H](n1cc(CCN3CC(F)C3)c(C(F)(F)F)cc1=O)c1cc(ccc1F)O2. The highest BCUT2D eigenvalue weighted by Crippen LogP contribution is 2.41. The first-order valence-corrected chi connectivity index (χ1v) is 16.1. The van der Waals surface area contributed by atoms with Gasteiger partial charge in [0, 0.05) is 48.6 Å². The van der Waals surface area contributed by atoms with Gasteiger partial charge in [-0.05, 0) is 91.4 Å². The van der Waals surface area contributed by atoms with Crippen LogP contribution in [0.4, 0.5) is 26.3 Å². The number of aliphatic carboxylic acids is 1. The zero-order chi connectivity index (χ0) is 36.9. The van der Waals surface area contributed by atoms with Gasteiger partial charge in [0.1, 0.15) is 35.3 Å². The minimum Gasteiger partial charge on any atom is -0.481 e. The van der Waals surface area contributed by atoms with E-state index in [0.717, 1.165) is 29.5 Å². The van der Waals surface area contributed by atoms with Gasteiger partial charge in [-0.25, -0.2) is 13.2 Å². The molecule has 0 radical (unpaired) electrons. The number of carbonyl (C=O) groups is 2. The third-order valence-corrected chi connectivity index (χ3v) is 9.43. The van der Waals surface area contributed by atoms with Crippen molar-refractivity contribution in [1.82, 2.24) is 14.8 Å². The van der Waals surface area contributed by atoms with Gasteiger partial charge in [0.2, 0.25) is 5.91 Å². The second kappa shape index (κ2) is 13.5. The summed E-state index contributed by atoms with van der Waals surface area (Å²) < 4.78 is 94.7. The van der Waals surface area contributed by atoms with E-state index in [1.165, 1.54) is 19.1 Å². The lowest BCUT2D eigenvalue weighted by Gasteiger charge is -2.34. The number of nitrogens with one attached hydrogen (secondary N) is 1. The first kappa shape index (κ1) is 35.7. The first-order chi connectivity index (χ1) is 24.0. The Morgan fingerprint density at radius 2 is 1.71 bits per heavy atom. The van der Waals surface area contributed by atoms with E-state index in [-0.39, 0.29) is 48.7 Å². The van der Waals surface area contributed by atoms with E-state index in [4.69, 9.17) is 4.74 Å². The molecule has 14 heteroatoms. The summed E-state index contributed by atoms with van der Waals surface area (Å²) in [5, 5.41) is 12.3. The Balaban J connectivity index is 1.59. The summed E-state index contributed by atoms with van der Waals surface area (Å²) in [4.78, 5) is 41.5. The van der Waals surface area contributed by atoms with Crippen molar-refractivity contribution in [2.45, 2.75) is 58.0 Å². The number of carbonyl (C=O) groups excluding carboxylic acids is 1. The number of alkyl halides is 4. The molecule has 4 bridgehead atoms. The second-order valence-corrected chi connectivity index (χ2v) is 13.0. The molecule has 0 saturated carbocycles. The van der Waals surface area contributed by atoms with Gasteiger partial charge in [-0.3, -0.25) is 23.9 Å². The van der Waals surface area contributed by atoms with Crippen LogP contribution in [-0.4, -0.2) is 52.3 Å². The van der Waals surface area contributed by atoms with Crippen LogP contribution in [-0.2, 0) is 22.2 Å². The molecule has 0 aliphatic carbocycles. The number of rotatable bonds is 6. The van der Waals surface area contributed by atoms with Crippen LogP contribution in [0, 0.1) is 32.4 Å². The average molecular weight is 714 g/mol. The number of carboxylic acids is 1. The molecule has 3 heterocycles. The van der Waals surface area contributed by atoms with E-state index in [0.29, 0.717) is 21.8 Å². The molecular formula is C37H33F6N3O5. The third kappa shape index (κ3) is 7.09. The molecule has 6 rings (SSSR count). The van der Waals surface area contributed by atoms with Crippen molar-refractivity contribution in [2.24, 2.45) is 0 Å². The smallest absolute Gasteiger partial charge is 0.416 e. The lowest BCUT2D eigenvalue weighted by molar-refractivity contribution is -0.139. The van der Waals surface area contributed by atoms with Crippen molar-refractivity contribution in [3.63, 3.8) is 0 Å². The van der Waals surface area contributed by atoms with Crippen molar-refractivity contribution in [1.29, 1.82) is 0 Å². The number of aromatic nitrogens is 1. The molecule has 8 nitrogen and oxygen atoms in total. The summed E-state index contributed by atoms with van der Waals surface area (Å²) in [6.45, 7) is 5.17. The fourth-order valence-electron chi connectivity index (χ4n) is 6.66. The minimum atomic E-state index is -4.98. The molecule has 0 spiro atoms. The van der Waals surface area contributed by atoms with Crippen molar-refractivity contribution in [2.75, 3.05) is 19.6 Å². The number of fused-ring (bicyclic) bond motifs is 6. The lowest BCUT2D eigenvalue weighted by Crippen LogP contribution is -2.49. The highest BCUT2D eigenvalue weighted by Gasteiger charge is 2.38. The molecule has 3 aromatic carbocycles. The Morgan fingerprint density at radius 3 is 2.37 bits per heavy atom. The van der Waals surface area contributed by atoms with E-state index >= 15 is 8.78 Å². The molecule has 2 aliphatic heterocycles. The fraction of sp³-hybridized carbons (Fsp3) is 0.324. The van der Waals surface area contributed by atoms with E-state index in [1.54, 1.807) is 23.1 Å². The number of nitrogens with zero attached hydrogens (tertiary/aromatic N) is 2. The minimum absolute atomic E-state index is 0.00417. The highest BCUT2D eigenvalue weighted by atomic mass is 19.4. The van der Waals surface area contributed by atoms with Gasteiger partial charge in [-0.1, -0.05) is 6.07 Å². The zero-order valence-corrected chi connectivity index (χ0v) is 27.7. The van der Waals surface area contributed by atoms with Crippen LogP contribution in [0.1, 0.15) is 57.4 Å².